The molecule has 0 spiro atoms. The highest BCUT2D eigenvalue weighted by molar-refractivity contribution is 5.78. The van der Waals surface area contributed by atoms with Crippen LogP contribution in [0.3, 0.4) is 0 Å². The summed E-state index contributed by atoms with van der Waals surface area (Å²) in [6.45, 7) is 3.16. The van der Waals surface area contributed by atoms with Crippen molar-refractivity contribution < 1.29 is 0 Å². The molecule has 2 aromatic rings. The van der Waals surface area contributed by atoms with E-state index in [0.717, 1.165) is 35.6 Å². The Morgan fingerprint density at radius 2 is 2.35 bits per heavy atom. The molecule has 1 atom stereocenters. The number of likely N-dealkylation sites (tertiary alicyclic amines) is 1. The molecule has 1 unspecified atom stereocenters. The van der Waals surface area contributed by atoms with Crippen LogP contribution in [0.2, 0.25) is 0 Å². The zero-order chi connectivity index (χ0) is 14.1. The molecular formula is C15H23N5. The van der Waals surface area contributed by atoms with Crippen molar-refractivity contribution in [1.82, 2.24) is 19.8 Å². The number of nitrogens with one attached hydrogen (secondary N) is 1. The maximum absolute atomic E-state index is 5.79. The zero-order valence-electron chi connectivity index (χ0n) is 12.3. The second-order valence-corrected chi connectivity index (χ2v) is 5.93. The van der Waals surface area contributed by atoms with Gasteiger partial charge in [0.25, 0.3) is 0 Å². The fraction of sp³-hybridized carbons (Fsp3) is 0.533. The van der Waals surface area contributed by atoms with Crippen LogP contribution in [0.5, 0.6) is 0 Å². The highest BCUT2D eigenvalue weighted by atomic mass is 15.2. The molecule has 5 nitrogen and oxygen atoms in total. The Morgan fingerprint density at radius 1 is 1.50 bits per heavy atom. The summed E-state index contributed by atoms with van der Waals surface area (Å²) in [7, 11) is 4.38. The van der Waals surface area contributed by atoms with Gasteiger partial charge in [0.15, 0.2) is 0 Å². The minimum absolute atomic E-state index is 0.681. The third kappa shape index (κ3) is 2.78. The second-order valence-electron chi connectivity index (χ2n) is 5.93. The minimum Gasteiger partial charge on any atom is -0.399 e. The van der Waals surface area contributed by atoms with Crippen molar-refractivity contribution in [2.45, 2.75) is 25.4 Å². The van der Waals surface area contributed by atoms with Crippen LogP contribution in [0.25, 0.3) is 11.0 Å². The van der Waals surface area contributed by atoms with Gasteiger partial charge in [0.1, 0.15) is 5.82 Å². The number of likely N-dealkylation sites (N-methyl/N-ethyl adjacent to an activating group) is 2. The number of H-pyrrole nitrogens is 1. The smallest absolute Gasteiger partial charge is 0.121 e. The van der Waals surface area contributed by atoms with Gasteiger partial charge in [-0.3, -0.25) is 4.90 Å². The lowest BCUT2D eigenvalue weighted by molar-refractivity contribution is 0.213. The fourth-order valence-corrected chi connectivity index (χ4v) is 3.04. The fourth-order valence-electron chi connectivity index (χ4n) is 3.04. The van der Waals surface area contributed by atoms with Gasteiger partial charge in [0, 0.05) is 18.3 Å². The van der Waals surface area contributed by atoms with Crippen LogP contribution in [0.4, 0.5) is 5.69 Å². The van der Waals surface area contributed by atoms with E-state index >= 15 is 0 Å². The van der Waals surface area contributed by atoms with Gasteiger partial charge in [0.2, 0.25) is 0 Å². The number of benzene rings is 1. The molecule has 1 aromatic heterocycles. The van der Waals surface area contributed by atoms with E-state index in [2.05, 4.69) is 33.9 Å². The number of aromatic amines is 1. The lowest BCUT2D eigenvalue weighted by atomic mass is 10.2. The molecule has 20 heavy (non-hydrogen) atoms. The van der Waals surface area contributed by atoms with Gasteiger partial charge in [-0.1, -0.05) is 0 Å². The number of nitrogens with zero attached hydrogens (tertiary/aromatic N) is 3. The first kappa shape index (κ1) is 13.4. The molecule has 5 heteroatoms. The molecule has 0 saturated carbocycles. The molecule has 1 aliphatic heterocycles. The van der Waals surface area contributed by atoms with E-state index in [9.17, 15) is 0 Å². The summed E-state index contributed by atoms with van der Waals surface area (Å²) in [6.07, 6.45) is 2.62. The third-order valence-electron chi connectivity index (χ3n) is 4.17. The maximum Gasteiger partial charge on any atom is 0.121 e. The van der Waals surface area contributed by atoms with Crippen LogP contribution in [-0.2, 0) is 6.54 Å². The van der Waals surface area contributed by atoms with Crippen LogP contribution in [-0.4, -0.2) is 53.0 Å². The zero-order valence-corrected chi connectivity index (χ0v) is 12.3. The highest BCUT2D eigenvalue weighted by Crippen LogP contribution is 2.18. The summed E-state index contributed by atoms with van der Waals surface area (Å²) in [5, 5.41) is 0. The Morgan fingerprint density at radius 3 is 3.10 bits per heavy atom. The summed E-state index contributed by atoms with van der Waals surface area (Å²) in [5.74, 6) is 1.01. The monoisotopic (exact) mass is 273 g/mol. The standard InChI is InChI=1S/C15H23N5/c1-19(9-12-4-3-7-20(12)2)10-15-17-13-6-5-11(16)8-14(13)18-15/h5-6,8,12H,3-4,7,9-10,16H2,1-2H3,(H,17,18). The molecule has 108 valence electrons. The number of imidazole rings is 1. The Hall–Kier alpha value is -1.59. The Balaban J connectivity index is 1.66. The molecule has 0 bridgehead atoms. The maximum atomic E-state index is 5.79. The van der Waals surface area contributed by atoms with Gasteiger partial charge in [-0.05, 0) is 51.7 Å². The summed E-state index contributed by atoms with van der Waals surface area (Å²) < 4.78 is 0. The molecule has 2 heterocycles. The van der Waals surface area contributed by atoms with Crippen molar-refractivity contribution in [3.63, 3.8) is 0 Å². The topological polar surface area (TPSA) is 61.2 Å². The van der Waals surface area contributed by atoms with Crippen LogP contribution >= 0.6 is 0 Å². The van der Waals surface area contributed by atoms with Crippen LogP contribution in [0.15, 0.2) is 18.2 Å². The normalized spacial score (nSPS) is 20.2. The van der Waals surface area contributed by atoms with Gasteiger partial charge in [-0.15, -0.1) is 0 Å². The van der Waals surface area contributed by atoms with E-state index in [-0.39, 0.29) is 0 Å². The van der Waals surface area contributed by atoms with E-state index in [1.165, 1.54) is 19.4 Å². The van der Waals surface area contributed by atoms with Crippen molar-refractivity contribution >= 4 is 16.7 Å². The number of nitrogens with two attached hydrogens (primary N) is 1. The van der Waals surface area contributed by atoms with Gasteiger partial charge in [0.05, 0.1) is 17.6 Å². The summed E-state index contributed by atoms with van der Waals surface area (Å²) >= 11 is 0. The van der Waals surface area contributed by atoms with Crippen LogP contribution in [0, 0.1) is 0 Å². The van der Waals surface area contributed by atoms with Crippen molar-refractivity contribution in [2.24, 2.45) is 0 Å². The largest absolute Gasteiger partial charge is 0.399 e. The highest BCUT2D eigenvalue weighted by Gasteiger charge is 2.22. The lowest BCUT2D eigenvalue weighted by Gasteiger charge is -2.25. The molecule has 0 amide bonds. The molecule has 0 radical (unpaired) electrons. The van der Waals surface area contributed by atoms with E-state index in [1.54, 1.807) is 0 Å². The molecule has 3 N–H and O–H groups in total. The Labute approximate surface area is 119 Å². The second kappa shape index (κ2) is 5.42. The van der Waals surface area contributed by atoms with Crippen LogP contribution < -0.4 is 5.73 Å². The van der Waals surface area contributed by atoms with E-state index in [0.29, 0.717) is 6.04 Å². The van der Waals surface area contributed by atoms with Gasteiger partial charge in [-0.25, -0.2) is 4.98 Å². The Bertz CT molecular complexity index is 591. The van der Waals surface area contributed by atoms with Crippen molar-refractivity contribution in [3.8, 4) is 0 Å². The number of rotatable bonds is 4. The first-order valence-electron chi connectivity index (χ1n) is 7.25. The van der Waals surface area contributed by atoms with E-state index in [4.69, 9.17) is 5.73 Å². The number of nitrogen functional groups attached to an aromatic ring is 1. The first-order chi connectivity index (χ1) is 9.61. The average Bonchev–Trinajstić information content (AvgIpc) is 2.95. The SMILES string of the molecule is CN(Cc1nc2ccc(N)cc2[nH]1)CC1CCCN1C. The van der Waals surface area contributed by atoms with E-state index in [1.807, 2.05) is 18.2 Å². The summed E-state index contributed by atoms with van der Waals surface area (Å²) in [5.41, 5.74) is 8.57. The molecule has 1 aliphatic rings. The van der Waals surface area contributed by atoms with E-state index < -0.39 is 0 Å². The first-order valence-corrected chi connectivity index (χ1v) is 7.25. The number of fused-ring (bicyclic) bond motifs is 1. The molecule has 1 aromatic carbocycles. The predicted octanol–water partition coefficient (Wildman–Crippen LogP) is 1.67. The lowest BCUT2D eigenvalue weighted by Crippen LogP contribution is -2.36. The summed E-state index contributed by atoms with van der Waals surface area (Å²) in [4.78, 5) is 12.8. The van der Waals surface area contributed by atoms with Gasteiger partial charge < -0.3 is 15.6 Å². The summed E-state index contributed by atoms with van der Waals surface area (Å²) in [6, 6.07) is 6.48. The molecule has 3 rings (SSSR count). The molecule has 1 fully saturated rings. The number of aromatic nitrogens is 2. The number of hydrogen-bond donors (Lipinski definition) is 2. The van der Waals surface area contributed by atoms with Crippen molar-refractivity contribution in [2.75, 3.05) is 32.9 Å². The van der Waals surface area contributed by atoms with Gasteiger partial charge in [-0.2, -0.15) is 0 Å². The van der Waals surface area contributed by atoms with Crippen molar-refractivity contribution in [1.29, 1.82) is 0 Å². The predicted molar refractivity (Wildman–Crippen MR) is 82.5 cm³/mol. The van der Waals surface area contributed by atoms with Crippen LogP contribution in [0.1, 0.15) is 18.7 Å². The van der Waals surface area contributed by atoms with Crippen molar-refractivity contribution in [3.05, 3.63) is 24.0 Å². The number of hydrogen-bond acceptors (Lipinski definition) is 4. The molecule has 0 aliphatic carbocycles. The van der Waals surface area contributed by atoms with Gasteiger partial charge >= 0.3 is 0 Å². The molecule has 1 saturated heterocycles. The third-order valence-corrected chi connectivity index (χ3v) is 4.17. The Kier molecular flexibility index (Phi) is 3.63. The average molecular weight is 273 g/mol. The quantitative estimate of drug-likeness (QED) is 0.832. The molecular weight excluding hydrogens is 250 g/mol. The minimum atomic E-state index is 0.681. The number of anilines is 1.